The number of nitrogens with zero attached hydrogens (tertiary/aromatic N) is 1. The first-order valence-electron chi connectivity index (χ1n) is 2.77. The van der Waals surface area contributed by atoms with Gasteiger partial charge in [-0.1, -0.05) is 12.2 Å². The van der Waals surface area contributed by atoms with Gasteiger partial charge in [0.2, 0.25) is 0 Å². The highest BCUT2D eigenvalue weighted by Gasteiger charge is 1.96. The van der Waals surface area contributed by atoms with Crippen LogP contribution in [-0.2, 0) is 0 Å². The third kappa shape index (κ3) is 4.50. The third-order valence-electron chi connectivity index (χ3n) is 0.766. The number of thioether (sulfide) groups is 1. The maximum atomic E-state index is 4.44. The zero-order valence-corrected chi connectivity index (χ0v) is 7.25. The van der Waals surface area contributed by atoms with Gasteiger partial charge in [0.15, 0.2) is 0 Å². The van der Waals surface area contributed by atoms with Crippen molar-refractivity contribution in [3.05, 3.63) is 25.3 Å². The number of hydrogen-bond donors (Lipinski definition) is 0. The molecule has 0 bridgehead atoms. The summed E-state index contributed by atoms with van der Waals surface area (Å²) in [6.45, 7) is 7.18. The molecule has 0 rings (SSSR count). The van der Waals surface area contributed by atoms with Gasteiger partial charge in [0.05, 0.1) is 5.16 Å². The second-order valence-corrected chi connectivity index (χ2v) is 2.80. The number of thiocarbonyl (C=S) groups is 1. The van der Waals surface area contributed by atoms with Crippen LogP contribution in [0.4, 0.5) is 0 Å². The van der Waals surface area contributed by atoms with Gasteiger partial charge < -0.3 is 0 Å². The molecule has 0 saturated carbocycles. The lowest BCUT2D eigenvalue weighted by atomic mass is 10.6. The zero-order chi connectivity index (χ0) is 7.82. The molecule has 0 aliphatic carbocycles. The molecular weight excluding hydrogens is 162 g/mol. The molecule has 0 radical (unpaired) electrons. The highest BCUT2D eigenvalue weighted by atomic mass is 32.2. The van der Waals surface area contributed by atoms with Crippen molar-refractivity contribution < 1.29 is 0 Å². The van der Waals surface area contributed by atoms with Crippen LogP contribution in [0.5, 0.6) is 0 Å². The summed E-state index contributed by atoms with van der Waals surface area (Å²) in [6.07, 6.45) is 3.55. The Morgan fingerprint density at radius 1 is 1.70 bits per heavy atom. The summed E-state index contributed by atoms with van der Waals surface area (Å²) >= 11 is 6.06. The van der Waals surface area contributed by atoms with Gasteiger partial charge in [-0.3, -0.25) is 0 Å². The Labute approximate surface area is 70.9 Å². The summed E-state index contributed by atoms with van der Waals surface area (Å²) < 4.78 is 0. The van der Waals surface area contributed by atoms with Gasteiger partial charge in [-0.15, -0.1) is 24.9 Å². The van der Waals surface area contributed by atoms with E-state index in [4.69, 9.17) is 0 Å². The summed E-state index contributed by atoms with van der Waals surface area (Å²) in [4.78, 5) is 3.84. The standard InChI is InChI=1S/C7H9NS2/c1-3-5-10-7(4-2)8-6-9/h3-4,7H,1-2,5H2. The molecule has 0 aromatic carbocycles. The van der Waals surface area contributed by atoms with Gasteiger partial charge in [-0.05, 0) is 12.2 Å². The second-order valence-electron chi connectivity index (χ2n) is 1.47. The molecule has 10 heavy (non-hydrogen) atoms. The second kappa shape index (κ2) is 6.75. The number of rotatable bonds is 5. The quantitative estimate of drug-likeness (QED) is 0.358. The van der Waals surface area contributed by atoms with Crippen molar-refractivity contribution in [2.75, 3.05) is 5.75 Å². The topological polar surface area (TPSA) is 12.4 Å². The first-order valence-corrected chi connectivity index (χ1v) is 4.23. The highest BCUT2D eigenvalue weighted by molar-refractivity contribution is 8.00. The van der Waals surface area contributed by atoms with Crippen LogP contribution in [0.3, 0.4) is 0 Å². The molecule has 0 aromatic rings. The average molecular weight is 171 g/mol. The molecule has 1 atom stereocenters. The van der Waals surface area contributed by atoms with E-state index < -0.39 is 0 Å². The Kier molecular flexibility index (Phi) is 6.50. The van der Waals surface area contributed by atoms with E-state index in [1.807, 2.05) is 6.08 Å². The normalized spacial score (nSPS) is 11.2. The summed E-state index contributed by atoms with van der Waals surface area (Å²) in [6, 6.07) is 0. The fourth-order valence-electron chi connectivity index (χ4n) is 0.377. The van der Waals surface area contributed by atoms with Gasteiger partial charge in [0, 0.05) is 5.75 Å². The molecular formula is C7H9NS2. The van der Waals surface area contributed by atoms with E-state index >= 15 is 0 Å². The third-order valence-corrected chi connectivity index (χ3v) is 1.94. The highest BCUT2D eigenvalue weighted by Crippen LogP contribution is 2.11. The Balaban J connectivity index is 3.70. The number of hydrogen-bond acceptors (Lipinski definition) is 3. The maximum Gasteiger partial charge on any atom is 0.124 e. The van der Waals surface area contributed by atoms with Crippen LogP contribution >= 0.6 is 24.0 Å². The molecule has 0 heterocycles. The molecule has 0 aliphatic rings. The smallest absolute Gasteiger partial charge is 0.124 e. The van der Waals surface area contributed by atoms with E-state index in [2.05, 4.69) is 35.5 Å². The van der Waals surface area contributed by atoms with Gasteiger partial charge in [0.1, 0.15) is 5.37 Å². The zero-order valence-electron chi connectivity index (χ0n) is 5.62. The van der Waals surface area contributed by atoms with Crippen LogP contribution in [0.2, 0.25) is 0 Å². The lowest BCUT2D eigenvalue weighted by Gasteiger charge is -2.00. The van der Waals surface area contributed by atoms with Crippen LogP contribution in [0, 0.1) is 0 Å². The van der Waals surface area contributed by atoms with Crippen LogP contribution in [-0.4, -0.2) is 16.3 Å². The predicted molar refractivity (Wildman–Crippen MR) is 51.7 cm³/mol. The first-order chi connectivity index (χ1) is 4.85. The van der Waals surface area contributed by atoms with Gasteiger partial charge in [-0.2, -0.15) is 0 Å². The van der Waals surface area contributed by atoms with Crippen LogP contribution in [0.1, 0.15) is 0 Å². The van der Waals surface area contributed by atoms with Crippen molar-refractivity contribution in [3.63, 3.8) is 0 Å². The van der Waals surface area contributed by atoms with Crippen molar-refractivity contribution >= 4 is 29.1 Å². The largest absolute Gasteiger partial charge is 0.214 e. The molecule has 1 unspecified atom stereocenters. The molecule has 0 N–H and O–H groups in total. The average Bonchev–Trinajstić information content (AvgIpc) is 1.98. The SMILES string of the molecule is C=CCSC(C=C)N=C=S. The molecule has 0 amide bonds. The predicted octanol–water partition coefficient (Wildman–Crippen LogP) is 2.52. The Morgan fingerprint density at radius 3 is 2.80 bits per heavy atom. The molecule has 1 nitrogen and oxygen atoms in total. The van der Waals surface area contributed by atoms with Gasteiger partial charge >= 0.3 is 0 Å². The number of isothiocyanates is 1. The minimum absolute atomic E-state index is 0.0375. The lowest BCUT2D eigenvalue weighted by molar-refractivity contribution is 1.18. The maximum absolute atomic E-state index is 4.44. The van der Waals surface area contributed by atoms with E-state index in [0.29, 0.717) is 0 Å². The van der Waals surface area contributed by atoms with Crippen LogP contribution in [0.15, 0.2) is 30.3 Å². The van der Waals surface area contributed by atoms with E-state index in [1.165, 1.54) is 0 Å². The monoisotopic (exact) mass is 171 g/mol. The van der Waals surface area contributed by atoms with E-state index in [9.17, 15) is 0 Å². The molecule has 0 aliphatic heterocycles. The van der Waals surface area contributed by atoms with Crippen molar-refractivity contribution in [3.8, 4) is 0 Å². The molecule has 0 saturated heterocycles. The Hall–Kier alpha value is -0.370. The lowest BCUT2D eigenvalue weighted by Crippen LogP contribution is -1.91. The molecule has 54 valence electrons. The summed E-state index contributed by atoms with van der Waals surface area (Å²) in [5, 5.41) is 2.35. The molecule has 0 fully saturated rings. The fourth-order valence-corrected chi connectivity index (χ4v) is 1.15. The van der Waals surface area contributed by atoms with E-state index in [-0.39, 0.29) is 5.37 Å². The van der Waals surface area contributed by atoms with E-state index in [1.54, 1.807) is 17.8 Å². The molecule has 0 spiro atoms. The molecule has 3 heteroatoms. The molecule has 0 aromatic heterocycles. The Bertz CT molecular complexity index is 159. The van der Waals surface area contributed by atoms with E-state index in [0.717, 1.165) is 5.75 Å². The van der Waals surface area contributed by atoms with Crippen molar-refractivity contribution in [2.24, 2.45) is 4.99 Å². The summed E-state index contributed by atoms with van der Waals surface area (Å²) in [5.41, 5.74) is 0. The summed E-state index contributed by atoms with van der Waals surface area (Å²) in [5.74, 6) is 0.858. The minimum Gasteiger partial charge on any atom is -0.214 e. The first kappa shape index (κ1) is 9.63. The summed E-state index contributed by atoms with van der Waals surface area (Å²) in [7, 11) is 0. The van der Waals surface area contributed by atoms with Crippen LogP contribution < -0.4 is 0 Å². The van der Waals surface area contributed by atoms with Crippen molar-refractivity contribution in [1.82, 2.24) is 0 Å². The van der Waals surface area contributed by atoms with Gasteiger partial charge in [0.25, 0.3) is 0 Å². The Morgan fingerprint density at radius 2 is 2.40 bits per heavy atom. The van der Waals surface area contributed by atoms with Crippen LogP contribution in [0.25, 0.3) is 0 Å². The van der Waals surface area contributed by atoms with Crippen molar-refractivity contribution in [2.45, 2.75) is 5.37 Å². The van der Waals surface area contributed by atoms with Crippen molar-refractivity contribution in [1.29, 1.82) is 0 Å². The van der Waals surface area contributed by atoms with Gasteiger partial charge in [-0.25, -0.2) is 4.99 Å². The fraction of sp³-hybridized carbons (Fsp3) is 0.286. The number of aliphatic imine (C=N–C) groups is 1. The minimum atomic E-state index is 0.0375.